The van der Waals surface area contributed by atoms with Gasteiger partial charge in [-0.1, -0.05) is 31.5 Å². The van der Waals surface area contributed by atoms with Crippen molar-refractivity contribution in [3.8, 4) is 5.88 Å². The van der Waals surface area contributed by atoms with E-state index in [1.54, 1.807) is 14.0 Å². The van der Waals surface area contributed by atoms with Crippen molar-refractivity contribution >= 4 is 33.7 Å². The molecular formula is C29H41N7O3. The van der Waals surface area contributed by atoms with Gasteiger partial charge in [-0.05, 0) is 43.9 Å². The molecule has 0 aliphatic carbocycles. The molecule has 0 radical (unpaired) electrons. The highest BCUT2D eigenvalue weighted by molar-refractivity contribution is 6.09. The molecule has 210 valence electrons. The van der Waals surface area contributed by atoms with Gasteiger partial charge in [-0.15, -0.1) is 0 Å². The maximum atomic E-state index is 7.57. The van der Waals surface area contributed by atoms with Gasteiger partial charge in [0.25, 0.3) is 0 Å². The lowest BCUT2D eigenvalue weighted by Gasteiger charge is -2.23. The van der Waals surface area contributed by atoms with Gasteiger partial charge in [0.15, 0.2) is 5.82 Å². The number of rotatable bonds is 10. The standard InChI is InChI=1S/C27H35N7O2.C2H6O/c1-3-4-11-29-25-24-23(32-27(28)33-25)21-7-5-6-8-22(21)34(24)17-19-14-18(16-31-26(19)35-2)15-30-20-9-12-36-13-10-20;1-2-3/h5-8,14,16,20,30H,3-4,9-13,15,17H2,1-2H3,(H3,28,29,32,33);3H,2H2,1H3. The number of nitrogens with one attached hydrogen (secondary N) is 2. The summed E-state index contributed by atoms with van der Waals surface area (Å²) in [6.07, 6.45) is 6.11. The molecule has 1 saturated heterocycles. The molecule has 1 aliphatic heterocycles. The zero-order chi connectivity index (χ0) is 27.6. The van der Waals surface area contributed by atoms with Crippen molar-refractivity contribution in [1.82, 2.24) is 24.8 Å². The second-order valence-electron chi connectivity index (χ2n) is 9.61. The van der Waals surface area contributed by atoms with Crippen LogP contribution in [0.4, 0.5) is 11.8 Å². The number of para-hydroxylation sites is 1. The maximum Gasteiger partial charge on any atom is 0.222 e. The van der Waals surface area contributed by atoms with E-state index in [-0.39, 0.29) is 12.6 Å². The van der Waals surface area contributed by atoms with Crippen LogP contribution in [0.25, 0.3) is 21.9 Å². The average Bonchev–Trinajstić information content (AvgIpc) is 3.26. The second-order valence-corrected chi connectivity index (χ2v) is 9.61. The summed E-state index contributed by atoms with van der Waals surface area (Å²) in [7, 11) is 1.67. The molecule has 4 heterocycles. The number of ether oxygens (including phenoxy) is 2. The van der Waals surface area contributed by atoms with E-state index < -0.39 is 0 Å². The Balaban J connectivity index is 0.00000112. The number of nitrogens with zero attached hydrogens (tertiary/aromatic N) is 4. The molecule has 0 amide bonds. The lowest BCUT2D eigenvalue weighted by Crippen LogP contribution is -2.34. The van der Waals surface area contributed by atoms with Gasteiger partial charge in [0.05, 0.1) is 19.2 Å². The summed E-state index contributed by atoms with van der Waals surface area (Å²) in [5, 5.41) is 15.8. The minimum atomic E-state index is 0.250. The molecule has 39 heavy (non-hydrogen) atoms. The minimum absolute atomic E-state index is 0.250. The molecule has 1 aromatic carbocycles. The number of hydrogen-bond donors (Lipinski definition) is 4. The number of methoxy groups -OCH3 is 1. The van der Waals surface area contributed by atoms with E-state index in [1.807, 2.05) is 18.3 Å². The van der Waals surface area contributed by atoms with Crippen molar-refractivity contribution in [2.24, 2.45) is 0 Å². The second kappa shape index (κ2) is 14.1. The number of aromatic nitrogens is 4. The summed E-state index contributed by atoms with van der Waals surface area (Å²) < 4.78 is 13.4. The van der Waals surface area contributed by atoms with Crippen LogP contribution in [0.1, 0.15) is 50.7 Å². The number of aliphatic hydroxyl groups excluding tert-OH is 1. The number of aliphatic hydroxyl groups is 1. The fraction of sp³-hybridized carbons (Fsp3) is 0.483. The van der Waals surface area contributed by atoms with Gasteiger partial charge in [0.1, 0.15) is 11.0 Å². The van der Waals surface area contributed by atoms with Crippen molar-refractivity contribution in [2.75, 3.05) is 44.5 Å². The van der Waals surface area contributed by atoms with Gasteiger partial charge in [-0.25, -0.2) is 9.97 Å². The molecule has 5 N–H and O–H groups in total. The molecule has 0 spiro atoms. The number of pyridine rings is 1. The van der Waals surface area contributed by atoms with Gasteiger partial charge in [0, 0.05) is 56.1 Å². The molecule has 4 aromatic rings. The van der Waals surface area contributed by atoms with Crippen molar-refractivity contribution in [3.63, 3.8) is 0 Å². The van der Waals surface area contributed by atoms with E-state index in [4.69, 9.17) is 20.3 Å². The average molecular weight is 536 g/mol. The third kappa shape index (κ3) is 6.95. The Kier molecular flexibility index (Phi) is 10.3. The van der Waals surface area contributed by atoms with E-state index in [2.05, 4.69) is 55.3 Å². The topological polar surface area (TPSA) is 132 Å². The predicted molar refractivity (Wildman–Crippen MR) is 156 cm³/mol. The Hall–Kier alpha value is -3.47. The molecule has 1 aliphatic rings. The fourth-order valence-corrected chi connectivity index (χ4v) is 4.89. The van der Waals surface area contributed by atoms with Crippen LogP contribution in [0, 0.1) is 0 Å². The van der Waals surface area contributed by atoms with Gasteiger partial charge in [0.2, 0.25) is 11.8 Å². The molecule has 10 heteroatoms. The zero-order valence-electron chi connectivity index (χ0n) is 23.2. The Morgan fingerprint density at radius 1 is 1.18 bits per heavy atom. The highest BCUT2D eigenvalue weighted by Gasteiger charge is 2.20. The van der Waals surface area contributed by atoms with Gasteiger partial charge in [-0.2, -0.15) is 4.98 Å². The van der Waals surface area contributed by atoms with E-state index in [0.29, 0.717) is 18.5 Å². The lowest BCUT2D eigenvalue weighted by atomic mass is 10.1. The minimum Gasteiger partial charge on any atom is -0.481 e. The SMILES string of the molecule is CCCCNc1nc(N)nc2c3ccccc3n(Cc3cc(CNC4CCOCC4)cnc3OC)c12.CCO. The molecule has 0 bridgehead atoms. The number of benzene rings is 1. The third-order valence-corrected chi connectivity index (χ3v) is 6.76. The molecule has 0 atom stereocenters. The molecule has 3 aromatic heterocycles. The number of nitrogens with two attached hydrogens (primary N) is 1. The number of hydrogen-bond acceptors (Lipinski definition) is 9. The monoisotopic (exact) mass is 535 g/mol. The third-order valence-electron chi connectivity index (χ3n) is 6.76. The largest absolute Gasteiger partial charge is 0.481 e. The van der Waals surface area contributed by atoms with E-state index in [1.165, 1.54) is 0 Å². The summed E-state index contributed by atoms with van der Waals surface area (Å²) in [6.45, 7) is 7.89. The van der Waals surface area contributed by atoms with Crippen LogP contribution in [-0.2, 0) is 17.8 Å². The summed E-state index contributed by atoms with van der Waals surface area (Å²) >= 11 is 0. The van der Waals surface area contributed by atoms with Crippen LogP contribution in [0.3, 0.4) is 0 Å². The zero-order valence-corrected chi connectivity index (χ0v) is 23.2. The summed E-state index contributed by atoms with van der Waals surface area (Å²) in [4.78, 5) is 13.8. The molecule has 10 nitrogen and oxygen atoms in total. The van der Waals surface area contributed by atoms with Gasteiger partial charge >= 0.3 is 0 Å². The summed E-state index contributed by atoms with van der Waals surface area (Å²) in [6, 6.07) is 10.9. The maximum absolute atomic E-state index is 7.57. The van der Waals surface area contributed by atoms with E-state index in [0.717, 1.165) is 90.9 Å². The van der Waals surface area contributed by atoms with Crippen LogP contribution in [0.15, 0.2) is 36.5 Å². The first-order chi connectivity index (χ1) is 19.1. The summed E-state index contributed by atoms with van der Waals surface area (Å²) in [5.41, 5.74) is 11.1. The first kappa shape index (κ1) is 28.5. The number of nitrogen functional groups attached to an aromatic ring is 1. The van der Waals surface area contributed by atoms with E-state index in [9.17, 15) is 0 Å². The van der Waals surface area contributed by atoms with Gasteiger partial charge < -0.3 is 35.5 Å². The van der Waals surface area contributed by atoms with Crippen LogP contribution in [0.5, 0.6) is 5.88 Å². The quantitative estimate of drug-likeness (QED) is 0.222. The Bertz CT molecular complexity index is 1350. The Morgan fingerprint density at radius 3 is 2.69 bits per heavy atom. The molecule has 0 unspecified atom stereocenters. The number of unbranched alkanes of at least 4 members (excludes halogenated alkanes) is 1. The number of anilines is 2. The van der Waals surface area contributed by atoms with Crippen molar-refractivity contribution in [3.05, 3.63) is 47.7 Å². The Morgan fingerprint density at radius 2 is 1.95 bits per heavy atom. The Labute approximate surface area is 230 Å². The van der Waals surface area contributed by atoms with Crippen molar-refractivity contribution < 1.29 is 14.6 Å². The molecule has 1 fully saturated rings. The predicted octanol–water partition coefficient (Wildman–Crippen LogP) is 4.10. The molecule has 0 saturated carbocycles. The summed E-state index contributed by atoms with van der Waals surface area (Å²) in [5.74, 6) is 1.64. The highest BCUT2D eigenvalue weighted by Crippen LogP contribution is 2.34. The van der Waals surface area contributed by atoms with Crippen LogP contribution < -0.4 is 21.1 Å². The molecule has 5 rings (SSSR count). The normalized spacial score (nSPS) is 13.8. The van der Waals surface area contributed by atoms with Crippen LogP contribution >= 0.6 is 0 Å². The van der Waals surface area contributed by atoms with Crippen LogP contribution in [0.2, 0.25) is 0 Å². The lowest BCUT2D eigenvalue weighted by molar-refractivity contribution is 0.0776. The van der Waals surface area contributed by atoms with Crippen LogP contribution in [-0.4, -0.2) is 64.1 Å². The first-order valence-corrected chi connectivity index (χ1v) is 13.8. The number of fused-ring (bicyclic) bond motifs is 3. The fourth-order valence-electron chi connectivity index (χ4n) is 4.89. The smallest absolute Gasteiger partial charge is 0.222 e. The first-order valence-electron chi connectivity index (χ1n) is 13.8. The molecular weight excluding hydrogens is 494 g/mol. The highest BCUT2D eigenvalue weighted by atomic mass is 16.5. The van der Waals surface area contributed by atoms with Gasteiger partial charge in [-0.3, -0.25) is 0 Å². The van der Waals surface area contributed by atoms with Crippen molar-refractivity contribution in [1.29, 1.82) is 0 Å². The van der Waals surface area contributed by atoms with E-state index >= 15 is 0 Å². The van der Waals surface area contributed by atoms with Crippen molar-refractivity contribution in [2.45, 2.75) is 58.7 Å².